The van der Waals surface area contributed by atoms with Gasteiger partial charge in [-0.05, 0) is 92.3 Å². The molecular weight excluding hydrogens is 462 g/mol. The van der Waals surface area contributed by atoms with Crippen molar-refractivity contribution in [2.24, 2.45) is 0 Å². The smallest absolute Gasteiger partial charge is 0.0894 e. The average molecular weight is 486 g/mol. The SMILES string of the molecule is c1cc(-c2cc(-c3ccc4ccccc4c3)ccn2)nc(-c2cc(-c3ccc4ccccc4c3)ccn2)c1. The molecule has 0 spiro atoms. The van der Waals surface area contributed by atoms with E-state index in [2.05, 4.69) is 107 Å². The van der Waals surface area contributed by atoms with Crippen molar-refractivity contribution in [1.29, 1.82) is 0 Å². The van der Waals surface area contributed by atoms with E-state index in [1.807, 2.05) is 42.7 Å². The van der Waals surface area contributed by atoms with E-state index in [1.54, 1.807) is 0 Å². The van der Waals surface area contributed by atoms with E-state index in [1.165, 1.54) is 21.5 Å². The van der Waals surface area contributed by atoms with E-state index in [4.69, 9.17) is 4.98 Å². The molecule has 7 rings (SSSR count). The molecule has 0 aliphatic rings. The summed E-state index contributed by atoms with van der Waals surface area (Å²) >= 11 is 0. The van der Waals surface area contributed by atoms with Crippen molar-refractivity contribution >= 4 is 21.5 Å². The van der Waals surface area contributed by atoms with E-state index < -0.39 is 0 Å². The van der Waals surface area contributed by atoms with Gasteiger partial charge < -0.3 is 0 Å². The quantitative estimate of drug-likeness (QED) is 0.250. The summed E-state index contributed by atoms with van der Waals surface area (Å²) in [4.78, 5) is 14.2. The van der Waals surface area contributed by atoms with Crippen molar-refractivity contribution in [3.8, 4) is 45.0 Å². The lowest BCUT2D eigenvalue weighted by molar-refractivity contribution is 1.22. The van der Waals surface area contributed by atoms with Gasteiger partial charge in [-0.1, -0.05) is 78.9 Å². The van der Waals surface area contributed by atoms with E-state index in [0.29, 0.717) is 0 Å². The van der Waals surface area contributed by atoms with Crippen LogP contribution in [0, 0.1) is 0 Å². The van der Waals surface area contributed by atoms with Crippen molar-refractivity contribution in [3.05, 3.63) is 140 Å². The minimum Gasteiger partial charge on any atom is -0.255 e. The molecule has 0 aliphatic heterocycles. The van der Waals surface area contributed by atoms with Crippen LogP contribution >= 0.6 is 0 Å². The van der Waals surface area contributed by atoms with Gasteiger partial charge in [0.1, 0.15) is 0 Å². The Morgan fingerprint density at radius 2 is 0.763 bits per heavy atom. The van der Waals surface area contributed by atoms with Gasteiger partial charge in [-0.3, -0.25) is 9.97 Å². The van der Waals surface area contributed by atoms with E-state index in [9.17, 15) is 0 Å². The Kier molecular flexibility index (Phi) is 5.45. The number of aromatic nitrogens is 3. The number of nitrogens with zero attached hydrogens (tertiary/aromatic N) is 3. The molecule has 3 heteroatoms. The molecular formula is C35H23N3. The Labute approximate surface area is 221 Å². The fourth-order valence-electron chi connectivity index (χ4n) is 4.96. The Bertz CT molecular complexity index is 1800. The van der Waals surface area contributed by atoms with Crippen LogP contribution in [0.1, 0.15) is 0 Å². The van der Waals surface area contributed by atoms with E-state index in [-0.39, 0.29) is 0 Å². The van der Waals surface area contributed by atoms with Crippen LogP contribution in [0.5, 0.6) is 0 Å². The summed E-state index contributed by atoms with van der Waals surface area (Å²) < 4.78 is 0. The van der Waals surface area contributed by atoms with Crippen molar-refractivity contribution in [1.82, 2.24) is 15.0 Å². The molecule has 3 aromatic heterocycles. The minimum atomic E-state index is 0.822. The molecule has 7 aromatic rings. The molecule has 0 fully saturated rings. The molecule has 0 bridgehead atoms. The monoisotopic (exact) mass is 485 g/mol. The van der Waals surface area contributed by atoms with Crippen molar-refractivity contribution in [2.45, 2.75) is 0 Å². The summed E-state index contributed by atoms with van der Waals surface area (Å²) in [5.41, 5.74) is 7.87. The number of benzene rings is 4. The highest BCUT2D eigenvalue weighted by Gasteiger charge is 2.09. The Morgan fingerprint density at radius 1 is 0.316 bits per heavy atom. The molecule has 38 heavy (non-hydrogen) atoms. The predicted octanol–water partition coefficient (Wildman–Crippen LogP) is 8.85. The second-order valence-electron chi connectivity index (χ2n) is 9.39. The summed E-state index contributed by atoms with van der Waals surface area (Å²) in [5, 5.41) is 4.92. The second-order valence-corrected chi connectivity index (χ2v) is 9.39. The summed E-state index contributed by atoms with van der Waals surface area (Å²) in [7, 11) is 0. The first-order chi connectivity index (χ1) is 18.8. The highest BCUT2D eigenvalue weighted by molar-refractivity contribution is 5.88. The average Bonchev–Trinajstić information content (AvgIpc) is 3.01. The number of rotatable bonds is 4. The van der Waals surface area contributed by atoms with Gasteiger partial charge in [0, 0.05) is 12.4 Å². The van der Waals surface area contributed by atoms with Gasteiger partial charge in [0.2, 0.25) is 0 Å². The topological polar surface area (TPSA) is 38.7 Å². The Morgan fingerprint density at radius 3 is 1.26 bits per heavy atom. The first kappa shape index (κ1) is 22.1. The van der Waals surface area contributed by atoms with Gasteiger partial charge in [-0.25, -0.2) is 4.98 Å². The maximum absolute atomic E-state index is 4.96. The van der Waals surface area contributed by atoms with Crippen LogP contribution in [-0.2, 0) is 0 Å². The minimum absolute atomic E-state index is 0.822. The van der Waals surface area contributed by atoms with Crippen molar-refractivity contribution in [3.63, 3.8) is 0 Å². The lowest BCUT2D eigenvalue weighted by atomic mass is 10.0. The van der Waals surface area contributed by atoms with E-state index >= 15 is 0 Å². The largest absolute Gasteiger partial charge is 0.255 e. The standard InChI is InChI=1S/C35H23N3/c1-3-8-26-20-28(14-12-24(26)6-1)30-16-18-36-34(22-30)32-10-5-11-33(38-32)35-23-31(17-19-37-35)29-15-13-25-7-2-4-9-27(25)21-29/h1-23H. The summed E-state index contributed by atoms with van der Waals surface area (Å²) in [6.07, 6.45) is 3.71. The van der Waals surface area contributed by atoms with Gasteiger partial charge in [-0.15, -0.1) is 0 Å². The molecule has 4 aromatic carbocycles. The first-order valence-corrected chi connectivity index (χ1v) is 12.7. The molecule has 0 N–H and O–H groups in total. The second kappa shape index (κ2) is 9.38. The fourth-order valence-corrected chi connectivity index (χ4v) is 4.96. The van der Waals surface area contributed by atoms with Gasteiger partial charge in [0.15, 0.2) is 0 Å². The highest BCUT2D eigenvalue weighted by Crippen LogP contribution is 2.30. The van der Waals surface area contributed by atoms with Crippen LogP contribution in [0.25, 0.3) is 66.6 Å². The van der Waals surface area contributed by atoms with Crippen LogP contribution in [0.15, 0.2) is 140 Å². The molecule has 0 saturated heterocycles. The maximum Gasteiger partial charge on any atom is 0.0894 e. The van der Waals surface area contributed by atoms with Crippen LogP contribution in [0.4, 0.5) is 0 Å². The van der Waals surface area contributed by atoms with E-state index in [0.717, 1.165) is 45.0 Å². The first-order valence-electron chi connectivity index (χ1n) is 12.7. The zero-order chi connectivity index (χ0) is 25.3. The predicted molar refractivity (Wildman–Crippen MR) is 157 cm³/mol. The molecule has 3 heterocycles. The van der Waals surface area contributed by atoms with Crippen molar-refractivity contribution in [2.75, 3.05) is 0 Å². The van der Waals surface area contributed by atoms with Gasteiger partial charge >= 0.3 is 0 Å². The molecule has 178 valence electrons. The molecule has 3 nitrogen and oxygen atoms in total. The number of fused-ring (bicyclic) bond motifs is 2. The van der Waals surface area contributed by atoms with Gasteiger partial charge in [0.25, 0.3) is 0 Å². The molecule has 0 saturated carbocycles. The van der Waals surface area contributed by atoms with Gasteiger partial charge in [-0.2, -0.15) is 0 Å². The third-order valence-electron chi connectivity index (χ3n) is 6.96. The summed E-state index contributed by atoms with van der Waals surface area (Å²) in [5.74, 6) is 0. The zero-order valence-corrected chi connectivity index (χ0v) is 20.6. The van der Waals surface area contributed by atoms with Crippen LogP contribution in [0.2, 0.25) is 0 Å². The highest BCUT2D eigenvalue weighted by atomic mass is 14.8. The number of pyridine rings is 3. The molecule has 0 radical (unpaired) electrons. The maximum atomic E-state index is 4.96. The molecule has 0 amide bonds. The van der Waals surface area contributed by atoms with Crippen LogP contribution in [0.3, 0.4) is 0 Å². The number of hydrogen-bond donors (Lipinski definition) is 0. The van der Waals surface area contributed by atoms with Crippen molar-refractivity contribution < 1.29 is 0 Å². The van der Waals surface area contributed by atoms with Gasteiger partial charge in [0.05, 0.1) is 22.8 Å². The third kappa shape index (κ3) is 4.21. The molecule has 0 unspecified atom stereocenters. The molecule has 0 aliphatic carbocycles. The molecule has 0 atom stereocenters. The normalized spacial score (nSPS) is 11.2. The number of hydrogen-bond acceptors (Lipinski definition) is 3. The summed E-state index contributed by atoms with van der Waals surface area (Å²) in [6.45, 7) is 0. The lowest BCUT2D eigenvalue weighted by Gasteiger charge is -2.09. The lowest BCUT2D eigenvalue weighted by Crippen LogP contribution is -1.93. The zero-order valence-electron chi connectivity index (χ0n) is 20.6. The summed E-state index contributed by atoms with van der Waals surface area (Å²) in [6, 6.07) is 44.3. The van der Waals surface area contributed by atoms with Crippen LogP contribution < -0.4 is 0 Å². The Balaban J connectivity index is 1.23. The Hall–Kier alpha value is -5.15. The van der Waals surface area contributed by atoms with Crippen LogP contribution in [-0.4, -0.2) is 15.0 Å². The third-order valence-corrected chi connectivity index (χ3v) is 6.96. The fraction of sp³-hybridized carbons (Fsp3) is 0.